The van der Waals surface area contributed by atoms with Gasteiger partial charge in [-0.1, -0.05) is 60.2 Å². The summed E-state index contributed by atoms with van der Waals surface area (Å²) in [4.78, 5) is 0.218. The van der Waals surface area contributed by atoms with Crippen LogP contribution in [0.25, 0.3) is 10.8 Å². The lowest BCUT2D eigenvalue weighted by Crippen LogP contribution is -2.29. The number of aryl methyl sites for hydroxylation is 1. The van der Waals surface area contributed by atoms with E-state index in [2.05, 4.69) is 11.3 Å². The second-order valence-electron chi connectivity index (χ2n) is 6.78. The molecule has 3 rings (SSSR count). The van der Waals surface area contributed by atoms with Gasteiger partial charge in [0.1, 0.15) is 5.75 Å². The van der Waals surface area contributed by atoms with Crippen LogP contribution < -0.4 is 4.72 Å². The molecule has 5 heteroatoms. The monoisotopic (exact) mass is 381 g/mol. The van der Waals surface area contributed by atoms with Crippen LogP contribution in [0.4, 0.5) is 0 Å². The van der Waals surface area contributed by atoms with Gasteiger partial charge in [0.15, 0.2) is 0 Å². The van der Waals surface area contributed by atoms with Gasteiger partial charge in [-0.05, 0) is 42.8 Å². The number of phenols is 1. The van der Waals surface area contributed by atoms with Gasteiger partial charge in [0.05, 0.1) is 4.90 Å². The summed E-state index contributed by atoms with van der Waals surface area (Å²) in [5.41, 5.74) is 2.45. The third-order valence-corrected chi connectivity index (χ3v) is 6.14. The van der Waals surface area contributed by atoms with E-state index >= 15 is 0 Å². The van der Waals surface area contributed by atoms with Gasteiger partial charge in [0.2, 0.25) is 10.0 Å². The molecule has 0 aliphatic heterocycles. The van der Waals surface area contributed by atoms with Crippen molar-refractivity contribution in [2.45, 2.75) is 24.7 Å². The number of fused-ring (bicyclic) bond motifs is 1. The van der Waals surface area contributed by atoms with Crippen molar-refractivity contribution in [1.82, 2.24) is 4.72 Å². The largest absolute Gasteiger partial charge is 0.508 e. The lowest BCUT2D eigenvalue weighted by molar-refractivity contribution is 0.465. The van der Waals surface area contributed by atoms with Crippen molar-refractivity contribution in [2.75, 3.05) is 6.54 Å². The van der Waals surface area contributed by atoms with E-state index in [1.807, 2.05) is 44.2 Å². The lowest BCUT2D eigenvalue weighted by atomic mass is 9.88. The highest BCUT2D eigenvalue weighted by Crippen LogP contribution is 2.36. The van der Waals surface area contributed by atoms with Crippen molar-refractivity contribution >= 4 is 20.8 Å². The highest BCUT2D eigenvalue weighted by molar-refractivity contribution is 7.89. The fraction of sp³-hybridized carbons (Fsp3) is 0.182. The summed E-state index contributed by atoms with van der Waals surface area (Å²) < 4.78 is 28.0. The molecule has 0 radical (unpaired) electrons. The Labute approximate surface area is 160 Å². The van der Waals surface area contributed by atoms with Gasteiger partial charge in [-0.15, -0.1) is 0 Å². The van der Waals surface area contributed by atoms with Crippen LogP contribution in [0.3, 0.4) is 0 Å². The first-order valence-corrected chi connectivity index (χ1v) is 10.2. The van der Waals surface area contributed by atoms with E-state index in [-0.39, 0.29) is 23.1 Å². The summed E-state index contributed by atoms with van der Waals surface area (Å²) in [5, 5.41) is 12.4. The van der Waals surface area contributed by atoms with Gasteiger partial charge in [-0.3, -0.25) is 0 Å². The zero-order valence-corrected chi connectivity index (χ0v) is 16.3. The van der Waals surface area contributed by atoms with Gasteiger partial charge in [-0.25, -0.2) is 13.1 Å². The molecule has 4 nitrogen and oxygen atoms in total. The van der Waals surface area contributed by atoms with Crippen LogP contribution in [0.15, 0.2) is 77.7 Å². The van der Waals surface area contributed by atoms with Crippen molar-refractivity contribution in [2.24, 2.45) is 0 Å². The predicted molar refractivity (Wildman–Crippen MR) is 110 cm³/mol. The normalized spacial score (nSPS) is 12.8. The quantitative estimate of drug-likeness (QED) is 0.618. The first-order chi connectivity index (χ1) is 12.8. The Hall–Kier alpha value is -2.63. The SMILES string of the molecule is C=C(C)[C@@H](CNS(=O)(=O)c1ccc(C)cc1)c1c(O)ccc2ccccc12. The standard InChI is InChI=1S/C22H23NO3S/c1-15(2)20(14-23-27(25,26)18-11-8-16(3)9-12-18)22-19-7-5-4-6-17(19)10-13-21(22)24/h4-13,20,23-24H,1,14H2,2-3H3/t20-/m1/s1. The molecule has 0 aliphatic carbocycles. The second-order valence-corrected chi connectivity index (χ2v) is 8.55. The zero-order chi connectivity index (χ0) is 19.6. The Morgan fingerprint density at radius 2 is 1.74 bits per heavy atom. The number of rotatable bonds is 6. The van der Waals surface area contributed by atoms with Crippen molar-refractivity contribution in [3.8, 4) is 5.75 Å². The molecule has 0 saturated heterocycles. The van der Waals surface area contributed by atoms with Gasteiger partial charge < -0.3 is 5.11 Å². The first kappa shape index (κ1) is 19.1. The first-order valence-electron chi connectivity index (χ1n) is 8.72. The minimum Gasteiger partial charge on any atom is -0.508 e. The maximum absolute atomic E-state index is 12.6. The molecule has 0 amide bonds. The fourth-order valence-corrected chi connectivity index (χ4v) is 4.21. The average Bonchev–Trinajstić information content (AvgIpc) is 2.63. The average molecular weight is 381 g/mol. The third kappa shape index (κ3) is 4.04. The van der Waals surface area contributed by atoms with E-state index in [9.17, 15) is 13.5 Å². The molecule has 3 aromatic rings. The molecule has 1 atom stereocenters. The van der Waals surface area contributed by atoms with E-state index in [0.29, 0.717) is 5.56 Å². The highest BCUT2D eigenvalue weighted by Gasteiger charge is 2.22. The smallest absolute Gasteiger partial charge is 0.240 e. The summed E-state index contributed by atoms with van der Waals surface area (Å²) in [6.45, 7) is 7.88. The number of aromatic hydroxyl groups is 1. The molecule has 0 unspecified atom stereocenters. The van der Waals surface area contributed by atoms with Crippen LogP contribution in [0.5, 0.6) is 5.75 Å². The summed E-state index contributed by atoms with van der Waals surface area (Å²) in [7, 11) is -3.65. The van der Waals surface area contributed by atoms with Crippen molar-refractivity contribution < 1.29 is 13.5 Å². The number of hydrogen-bond acceptors (Lipinski definition) is 3. The Bertz CT molecular complexity index is 1090. The predicted octanol–water partition coefficient (Wildman–Crippen LogP) is 4.49. The van der Waals surface area contributed by atoms with Crippen molar-refractivity contribution in [3.63, 3.8) is 0 Å². The minimum atomic E-state index is -3.65. The summed E-state index contributed by atoms with van der Waals surface area (Å²) in [6.07, 6.45) is 0. The molecular weight excluding hydrogens is 358 g/mol. The maximum atomic E-state index is 12.6. The number of nitrogens with one attached hydrogen (secondary N) is 1. The third-order valence-electron chi connectivity index (χ3n) is 4.70. The van der Waals surface area contributed by atoms with E-state index in [1.54, 1.807) is 30.3 Å². The molecule has 0 fully saturated rings. The van der Waals surface area contributed by atoms with Crippen LogP contribution in [0, 0.1) is 6.92 Å². The number of phenolic OH excluding ortho intramolecular Hbond substituents is 1. The van der Waals surface area contributed by atoms with Crippen LogP contribution in [0.2, 0.25) is 0 Å². The molecule has 140 valence electrons. The molecule has 0 spiro atoms. The summed E-state index contributed by atoms with van der Waals surface area (Å²) >= 11 is 0. The maximum Gasteiger partial charge on any atom is 0.240 e. The molecule has 0 saturated carbocycles. The van der Waals surface area contributed by atoms with Gasteiger partial charge in [0.25, 0.3) is 0 Å². The zero-order valence-electron chi connectivity index (χ0n) is 15.4. The summed E-state index contributed by atoms with van der Waals surface area (Å²) in [5.74, 6) is -0.215. The molecule has 27 heavy (non-hydrogen) atoms. The second kappa shape index (κ2) is 7.55. The molecule has 2 N–H and O–H groups in total. The molecule has 0 aliphatic rings. The van der Waals surface area contributed by atoms with Gasteiger partial charge >= 0.3 is 0 Å². The van der Waals surface area contributed by atoms with Crippen molar-refractivity contribution in [3.05, 3.63) is 83.9 Å². The minimum absolute atomic E-state index is 0.118. The van der Waals surface area contributed by atoms with E-state index in [0.717, 1.165) is 21.9 Å². The van der Waals surface area contributed by atoms with E-state index in [4.69, 9.17) is 0 Å². The van der Waals surface area contributed by atoms with Crippen LogP contribution in [0.1, 0.15) is 24.0 Å². The lowest BCUT2D eigenvalue weighted by Gasteiger charge is -2.21. The Morgan fingerprint density at radius 1 is 1.07 bits per heavy atom. The number of benzene rings is 3. The molecule has 0 aromatic heterocycles. The fourth-order valence-electron chi connectivity index (χ4n) is 3.17. The molecule has 3 aromatic carbocycles. The van der Waals surface area contributed by atoms with E-state index in [1.165, 1.54) is 0 Å². The Kier molecular flexibility index (Phi) is 5.35. The Morgan fingerprint density at radius 3 is 2.41 bits per heavy atom. The summed E-state index contributed by atoms with van der Waals surface area (Å²) in [6, 6.07) is 17.9. The number of hydrogen-bond donors (Lipinski definition) is 2. The van der Waals surface area contributed by atoms with Crippen LogP contribution in [-0.2, 0) is 10.0 Å². The molecular formula is C22H23NO3S. The topological polar surface area (TPSA) is 66.4 Å². The van der Waals surface area contributed by atoms with E-state index < -0.39 is 10.0 Å². The van der Waals surface area contributed by atoms with Crippen LogP contribution in [-0.4, -0.2) is 20.1 Å². The van der Waals surface area contributed by atoms with Gasteiger partial charge in [0, 0.05) is 18.0 Å². The van der Waals surface area contributed by atoms with Crippen molar-refractivity contribution in [1.29, 1.82) is 0 Å². The molecule has 0 bridgehead atoms. The molecule has 0 heterocycles. The number of sulfonamides is 1. The Balaban J connectivity index is 1.95. The van der Waals surface area contributed by atoms with Crippen LogP contribution >= 0.6 is 0 Å². The highest BCUT2D eigenvalue weighted by atomic mass is 32.2. The van der Waals surface area contributed by atoms with Gasteiger partial charge in [-0.2, -0.15) is 0 Å².